The number of nitrogens with zero attached hydrogens (tertiary/aromatic N) is 1. The molecule has 0 aromatic heterocycles. The fourth-order valence-corrected chi connectivity index (χ4v) is 3.16. The Morgan fingerprint density at radius 3 is 1.72 bits per heavy atom. The number of carbonyl (C=O) groups excluding carboxylic acids is 1. The van der Waals surface area contributed by atoms with Gasteiger partial charge in [0.05, 0.1) is 0 Å². The predicted molar refractivity (Wildman–Crippen MR) is 98.7 cm³/mol. The van der Waals surface area contributed by atoms with E-state index in [2.05, 4.69) is 0 Å². The predicted octanol–water partition coefficient (Wildman–Crippen LogP) is 4.67. The number of benzene rings is 3. The van der Waals surface area contributed by atoms with Crippen molar-refractivity contribution >= 4 is 17.3 Å². The Kier molecular flexibility index (Phi) is 3.86. The third kappa shape index (κ3) is 2.83. The SMILES string of the molecule is C[C@]1(c2ccccc2)O[C@@H]1C(=O)N(c1ccccc1)c1ccccc1. The molecule has 0 aliphatic carbocycles. The van der Waals surface area contributed by atoms with Crippen LogP contribution in [-0.4, -0.2) is 12.0 Å². The Morgan fingerprint density at radius 1 is 0.800 bits per heavy atom. The lowest BCUT2D eigenvalue weighted by Crippen LogP contribution is -2.32. The number of epoxide rings is 1. The number of amides is 1. The fourth-order valence-electron chi connectivity index (χ4n) is 3.16. The van der Waals surface area contributed by atoms with Gasteiger partial charge in [0.25, 0.3) is 5.91 Å². The second-order valence-corrected chi connectivity index (χ2v) is 6.32. The molecule has 2 atom stereocenters. The van der Waals surface area contributed by atoms with E-state index < -0.39 is 11.7 Å². The summed E-state index contributed by atoms with van der Waals surface area (Å²) in [6.45, 7) is 1.97. The average Bonchev–Trinajstić information content (AvgIpc) is 3.38. The second kappa shape index (κ2) is 6.19. The molecule has 1 heterocycles. The summed E-state index contributed by atoms with van der Waals surface area (Å²) in [6.07, 6.45) is -0.490. The van der Waals surface area contributed by atoms with Crippen LogP contribution in [0, 0.1) is 0 Å². The zero-order valence-electron chi connectivity index (χ0n) is 14.0. The molecule has 1 amide bonds. The van der Waals surface area contributed by atoms with Gasteiger partial charge < -0.3 is 4.74 Å². The summed E-state index contributed by atoms with van der Waals surface area (Å²) in [5, 5.41) is 0. The van der Waals surface area contributed by atoms with Crippen LogP contribution in [0.25, 0.3) is 0 Å². The Bertz CT molecular complexity index is 825. The number of anilines is 2. The standard InChI is InChI=1S/C22H19NO2/c1-22(17-11-5-2-6-12-17)20(25-22)21(24)23(18-13-7-3-8-14-18)19-15-9-4-10-16-19/h2-16,20H,1H3/t20-,22-/m1/s1. The quantitative estimate of drug-likeness (QED) is 0.652. The number of carbonyl (C=O) groups is 1. The van der Waals surface area contributed by atoms with Crippen LogP contribution in [0.5, 0.6) is 0 Å². The lowest BCUT2D eigenvalue weighted by Gasteiger charge is -2.23. The molecule has 0 N–H and O–H groups in total. The van der Waals surface area contributed by atoms with Crippen molar-refractivity contribution in [3.05, 3.63) is 96.6 Å². The molecule has 0 radical (unpaired) electrons. The van der Waals surface area contributed by atoms with Crippen molar-refractivity contribution in [3.8, 4) is 0 Å². The van der Waals surface area contributed by atoms with Gasteiger partial charge in [-0.15, -0.1) is 0 Å². The zero-order chi connectivity index (χ0) is 17.3. The minimum atomic E-state index is -0.569. The smallest absolute Gasteiger partial charge is 0.264 e. The summed E-state index contributed by atoms with van der Waals surface area (Å²) in [6, 6.07) is 29.3. The molecule has 4 rings (SSSR count). The molecule has 0 unspecified atom stereocenters. The molecule has 0 saturated carbocycles. The van der Waals surface area contributed by atoms with E-state index in [1.54, 1.807) is 4.90 Å². The molecule has 3 heteroatoms. The number of hydrogen-bond donors (Lipinski definition) is 0. The van der Waals surface area contributed by atoms with Gasteiger partial charge in [-0.2, -0.15) is 0 Å². The molecule has 1 fully saturated rings. The van der Waals surface area contributed by atoms with Crippen molar-refractivity contribution in [2.75, 3.05) is 4.90 Å². The lowest BCUT2D eigenvalue weighted by atomic mass is 9.96. The third-order valence-corrected chi connectivity index (χ3v) is 4.63. The Labute approximate surface area is 147 Å². The average molecular weight is 329 g/mol. The normalized spacial score (nSPS) is 21.6. The maximum Gasteiger partial charge on any atom is 0.264 e. The molecule has 3 nitrogen and oxygen atoms in total. The van der Waals surface area contributed by atoms with E-state index >= 15 is 0 Å². The molecule has 0 spiro atoms. The number of hydrogen-bond acceptors (Lipinski definition) is 2. The Hall–Kier alpha value is -2.91. The number of para-hydroxylation sites is 2. The second-order valence-electron chi connectivity index (χ2n) is 6.32. The van der Waals surface area contributed by atoms with Gasteiger partial charge in [0, 0.05) is 11.4 Å². The van der Waals surface area contributed by atoms with E-state index in [1.807, 2.05) is 97.9 Å². The van der Waals surface area contributed by atoms with E-state index in [9.17, 15) is 4.79 Å². The van der Waals surface area contributed by atoms with Crippen LogP contribution in [0.1, 0.15) is 12.5 Å². The van der Waals surface area contributed by atoms with Crippen LogP contribution in [-0.2, 0) is 15.1 Å². The summed E-state index contributed by atoms with van der Waals surface area (Å²) in [4.78, 5) is 15.0. The molecule has 1 saturated heterocycles. The number of rotatable bonds is 4. The highest BCUT2D eigenvalue weighted by Crippen LogP contribution is 2.47. The van der Waals surface area contributed by atoms with E-state index in [1.165, 1.54) is 0 Å². The highest BCUT2D eigenvalue weighted by Gasteiger charge is 2.59. The first-order valence-corrected chi connectivity index (χ1v) is 8.37. The third-order valence-electron chi connectivity index (χ3n) is 4.63. The first kappa shape index (κ1) is 15.6. The van der Waals surface area contributed by atoms with Crippen molar-refractivity contribution in [2.45, 2.75) is 18.6 Å². The van der Waals surface area contributed by atoms with Crippen LogP contribution in [0.15, 0.2) is 91.0 Å². The highest BCUT2D eigenvalue weighted by molar-refractivity contribution is 6.05. The van der Waals surface area contributed by atoms with Crippen LogP contribution in [0.3, 0.4) is 0 Å². The van der Waals surface area contributed by atoms with Crippen LogP contribution in [0.4, 0.5) is 11.4 Å². The first-order valence-electron chi connectivity index (χ1n) is 8.37. The van der Waals surface area contributed by atoms with Crippen molar-refractivity contribution in [1.29, 1.82) is 0 Å². The zero-order valence-corrected chi connectivity index (χ0v) is 14.0. The monoisotopic (exact) mass is 329 g/mol. The van der Waals surface area contributed by atoms with Gasteiger partial charge in [0.15, 0.2) is 6.10 Å². The maximum absolute atomic E-state index is 13.3. The molecular formula is C22H19NO2. The molecular weight excluding hydrogens is 310 g/mol. The lowest BCUT2D eigenvalue weighted by molar-refractivity contribution is -0.119. The maximum atomic E-state index is 13.3. The largest absolute Gasteiger partial charge is 0.351 e. The van der Waals surface area contributed by atoms with Crippen molar-refractivity contribution in [3.63, 3.8) is 0 Å². The van der Waals surface area contributed by atoms with E-state index in [4.69, 9.17) is 4.74 Å². The van der Waals surface area contributed by atoms with Crippen molar-refractivity contribution in [2.24, 2.45) is 0 Å². The topological polar surface area (TPSA) is 32.8 Å². The van der Waals surface area contributed by atoms with Crippen LogP contribution in [0.2, 0.25) is 0 Å². The molecule has 124 valence electrons. The molecule has 3 aromatic rings. The fraction of sp³-hybridized carbons (Fsp3) is 0.136. The summed E-state index contributed by atoms with van der Waals surface area (Å²) in [7, 11) is 0. The summed E-state index contributed by atoms with van der Waals surface area (Å²) in [5.41, 5.74) is 2.13. The molecule has 1 aliphatic heterocycles. The van der Waals surface area contributed by atoms with Gasteiger partial charge >= 0.3 is 0 Å². The molecule has 0 bridgehead atoms. The summed E-state index contributed by atoms with van der Waals surface area (Å²) in [5.74, 6) is -0.0521. The molecule has 3 aromatic carbocycles. The summed E-state index contributed by atoms with van der Waals surface area (Å²) >= 11 is 0. The van der Waals surface area contributed by atoms with Gasteiger partial charge in [-0.05, 0) is 36.8 Å². The van der Waals surface area contributed by atoms with Crippen molar-refractivity contribution < 1.29 is 9.53 Å². The molecule has 1 aliphatic rings. The van der Waals surface area contributed by atoms with Gasteiger partial charge in [-0.3, -0.25) is 9.69 Å². The van der Waals surface area contributed by atoms with Crippen molar-refractivity contribution in [1.82, 2.24) is 0 Å². The Morgan fingerprint density at radius 2 is 1.24 bits per heavy atom. The van der Waals surface area contributed by atoms with E-state index in [0.717, 1.165) is 16.9 Å². The van der Waals surface area contributed by atoms with Gasteiger partial charge in [-0.25, -0.2) is 0 Å². The minimum Gasteiger partial charge on any atom is -0.351 e. The summed E-state index contributed by atoms with van der Waals surface area (Å²) < 4.78 is 5.89. The van der Waals surface area contributed by atoms with E-state index in [0.29, 0.717) is 0 Å². The molecule has 25 heavy (non-hydrogen) atoms. The first-order chi connectivity index (χ1) is 12.2. The van der Waals surface area contributed by atoms with Gasteiger partial charge in [0.2, 0.25) is 0 Å². The highest BCUT2D eigenvalue weighted by atomic mass is 16.6. The van der Waals surface area contributed by atoms with E-state index in [-0.39, 0.29) is 5.91 Å². The van der Waals surface area contributed by atoms with Gasteiger partial charge in [-0.1, -0.05) is 66.7 Å². The van der Waals surface area contributed by atoms with Crippen LogP contribution >= 0.6 is 0 Å². The van der Waals surface area contributed by atoms with Crippen LogP contribution < -0.4 is 4.90 Å². The Balaban J connectivity index is 1.69. The van der Waals surface area contributed by atoms with Gasteiger partial charge in [0.1, 0.15) is 5.60 Å². The minimum absolute atomic E-state index is 0.0521. The number of ether oxygens (including phenoxy) is 1.